The van der Waals surface area contributed by atoms with Crippen LogP contribution in [-0.4, -0.2) is 15.9 Å². The highest BCUT2D eigenvalue weighted by Gasteiger charge is 2.11. The Bertz CT molecular complexity index is 631. The Morgan fingerprint density at radius 1 is 1.32 bits per heavy atom. The number of carbonyl (C=O) groups is 1. The Hall–Kier alpha value is -1.79. The molecule has 2 rings (SSSR count). The van der Waals surface area contributed by atoms with Crippen molar-refractivity contribution in [3.05, 3.63) is 58.3 Å². The van der Waals surface area contributed by atoms with E-state index in [2.05, 4.69) is 26.2 Å². The minimum Gasteiger partial charge on any atom is -0.389 e. The van der Waals surface area contributed by atoms with Gasteiger partial charge in [0.1, 0.15) is 10.7 Å². The molecule has 0 unspecified atom stereocenters. The number of benzene rings is 1. The zero-order valence-corrected chi connectivity index (χ0v) is 12.2. The van der Waals surface area contributed by atoms with Crippen LogP contribution in [0.4, 0.5) is 5.69 Å². The summed E-state index contributed by atoms with van der Waals surface area (Å²) in [4.78, 5) is 16.2. The third kappa shape index (κ3) is 3.36. The van der Waals surface area contributed by atoms with Crippen molar-refractivity contribution >= 4 is 44.7 Å². The molecule has 0 aliphatic rings. The van der Waals surface area contributed by atoms with E-state index in [0.29, 0.717) is 16.9 Å². The average molecular weight is 336 g/mol. The normalized spacial score (nSPS) is 9.95. The number of anilines is 1. The lowest BCUT2D eigenvalue weighted by Gasteiger charge is -2.10. The van der Waals surface area contributed by atoms with E-state index in [9.17, 15) is 4.79 Å². The van der Waals surface area contributed by atoms with Crippen LogP contribution in [0, 0.1) is 0 Å². The van der Waals surface area contributed by atoms with Gasteiger partial charge in [-0.15, -0.1) is 0 Å². The van der Waals surface area contributed by atoms with Crippen molar-refractivity contribution in [1.29, 1.82) is 0 Å². The second-order valence-electron chi connectivity index (χ2n) is 3.72. The maximum absolute atomic E-state index is 12.0. The average Bonchev–Trinajstić information content (AvgIpc) is 2.41. The molecule has 6 heteroatoms. The summed E-state index contributed by atoms with van der Waals surface area (Å²) in [6.07, 6.45) is 1.56. The number of pyridine rings is 1. The maximum atomic E-state index is 12.0. The summed E-state index contributed by atoms with van der Waals surface area (Å²) < 4.78 is 0.839. The summed E-state index contributed by atoms with van der Waals surface area (Å²) in [5, 5.41) is 2.75. The molecule has 0 radical (unpaired) electrons. The van der Waals surface area contributed by atoms with E-state index in [1.807, 2.05) is 0 Å². The number of nitrogens with zero attached hydrogens (tertiary/aromatic N) is 1. The zero-order valence-electron chi connectivity index (χ0n) is 9.76. The van der Waals surface area contributed by atoms with E-state index in [0.717, 1.165) is 4.47 Å². The Kier molecular flexibility index (Phi) is 4.24. The number of halogens is 1. The van der Waals surface area contributed by atoms with Gasteiger partial charge in [0.15, 0.2) is 0 Å². The van der Waals surface area contributed by atoms with Gasteiger partial charge < -0.3 is 11.1 Å². The predicted molar refractivity (Wildman–Crippen MR) is 82.2 cm³/mol. The predicted octanol–water partition coefficient (Wildman–Crippen LogP) is 2.73. The molecule has 0 saturated heterocycles. The SMILES string of the molecule is NC(=S)c1cc(Br)ccc1NC(=O)c1ccccn1. The first-order valence-electron chi connectivity index (χ1n) is 5.39. The van der Waals surface area contributed by atoms with Crippen molar-refractivity contribution < 1.29 is 4.79 Å². The third-order valence-corrected chi connectivity index (χ3v) is 3.11. The molecule has 0 saturated carbocycles. The molecule has 0 aliphatic heterocycles. The third-order valence-electron chi connectivity index (χ3n) is 2.39. The molecular formula is C13H10BrN3OS. The monoisotopic (exact) mass is 335 g/mol. The Morgan fingerprint density at radius 3 is 2.74 bits per heavy atom. The zero-order chi connectivity index (χ0) is 13.8. The molecule has 1 amide bonds. The van der Waals surface area contributed by atoms with Crippen LogP contribution in [0.3, 0.4) is 0 Å². The van der Waals surface area contributed by atoms with E-state index in [-0.39, 0.29) is 10.9 Å². The van der Waals surface area contributed by atoms with E-state index in [4.69, 9.17) is 18.0 Å². The van der Waals surface area contributed by atoms with Crippen molar-refractivity contribution in [2.75, 3.05) is 5.32 Å². The van der Waals surface area contributed by atoms with Gasteiger partial charge in [0.05, 0.1) is 5.69 Å². The fourth-order valence-corrected chi connectivity index (χ4v) is 2.04. The molecule has 1 aromatic heterocycles. The van der Waals surface area contributed by atoms with Crippen LogP contribution in [0.1, 0.15) is 16.1 Å². The van der Waals surface area contributed by atoms with Gasteiger partial charge in [-0.1, -0.05) is 34.2 Å². The molecule has 96 valence electrons. The number of rotatable bonds is 3. The smallest absolute Gasteiger partial charge is 0.274 e. The lowest BCUT2D eigenvalue weighted by atomic mass is 10.1. The Morgan fingerprint density at radius 2 is 2.11 bits per heavy atom. The molecule has 0 atom stereocenters. The minimum atomic E-state index is -0.305. The molecule has 1 heterocycles. The van der Waals surface area contributed by atoms with Crippen LogP contribution in [0.5, 0.6) is 0 Å². The van der Waals surface area contributed by atoms with Crippen LogP contribution >= 0.6 is 28.1 Å². The largest absolute Gasteiger partial charge is 0.389 e. The number of amides is 1. The highest BCUT2D eigenvalue weighted by atomic mass is 79.9. The number of aromatic nitrogens is 1. The van der Waals surface area contributed by atoms with E-state index in [1.165, 1.54) is 0 Å². The molecule has 0 aliphatic carbocycles. The first kappa shape index (κ1) is 13.6. The van der Waals surface area contributed by atoms with Crippen LogP contribution in [-0.2, 0) is 0 Å². The van der Waals surface area contributed by atoms with Crippen molar-refractivity contribution in [1.82, 2.24) is 4.98 Å². The Balaban J connectivity index is 2.29. The highest BCUT2D eigenvalue weighted by Crippen LogP contribution is 2.21. The first-order chi connectivity index (χ1) is 9.08. The fourth-order valence-electron chi connectivity index (χ4n) is 1.51. The summed E-state index contributed by atoms with van der Waals surface area (Å²) >= 11 is 8.30. The second kappa shape index (κ2) is 5.90. The van der Waals surface area contributed by atoms with Gasteiger partial charge in [-0.3, -0.25) is 9.78 Å². The van der Waals surface area contributed by atoms with Gasteiger partial charge in [-0.25, -0.2) is 0 Å². The first-order valence-corrected chi connectivity index (χ1v) is 6.60. The van der Waals surface area contributed by atoms with E-state index < -0.39 is 0 Å². The summed E-state index contributed by atoms with van der Waals surface area (Å²) in [6, 6.07) is 10.4. The van der Waals surface area contributed by atoms with Gasteiger partial charge in [0, 0.05) is 16.2 Å². The van der Waals surface area contributed by atoms with E-state index in [1.54, 1.807) is 42.6 Å². The highest BCUT2D eigenvalue weighted by molar-refractivity contribution is 9.10. The van der Waals surface area contributed by atoms with Crippen molar-refractivity contribution in [3.63, 3.8) is 0 Å². The molecule has 0 fully saturated rings. The Labute approximate surface area is 124 Å². The van der Waals surface area contributed by atoms with Gasteiger partial charge in [-0.05, 0) is 30.3 Å². The molecular weight excluding hydrogens is 326 g/mol. The molecule has 19 heavy (non-hydrogen) atoms. The van der Waals surface area contributed by atoms with Crippen molar-refractivity contribution in [3.8, 4) is 0 Å². The van der Waals surface area contributed by atoms with Gasteiger partial charge in [0.25, 0.3) is 5.91 Å². The van der Waals surface area contributed by atoms with Crippen LogP contribution in [0.2, 0.25) is 0 Å². The van der Waals surface area contributed by atoms with Gasteiger partial charge in [0.2, 0.25) is 0 Å². The van der Waals surface area contributed by atoms with E-state index >= 15 is 0 Å². The van der Waals surface area contributed by atoms with Crippen LogP contribution in [0.25, 0.3) is 0 Å². The lowest BCUT2D eigenvalue weighted by Crippen LogP contribution is -2.18. The molecule has 4 nitrogen and oxygen atoms in total. The minimum absolute atomic E-state index is 0.220. The summed E-state index contributed by atoms with van der Waals surface area (Å²) in [6.45, 7) is 0. The summed E-state index contributed by atoms with van der Waals surface area (Å²) in [5.74, 6) is -0.305. The maximum Gasteiger partial charge on any atom is 0.274 e. The summed E-state index contributed by atoms with van der Waals surface area (Å²) in [5.41, 5.74) is 7.14. The number of thiocarbonyl (C=S) groups is 1. The number of hydrogen-bond acceptors (Lipinski definition) is 3. The standard InChI is InChI=1S/C13H10BrN3OS/c14-8-4-5-10(9(7-8)12(15)19)17-13(18)11-3-1-2-6-16-11/h1-7H,(H2,15,19)(H,17,18). The molecule has 1 aromatic carbocycles. The van der Waals surface area contributed by atoms with Gasteiger partial charge >= 0.3 is 0 Å². The number of hydrogen-bond donors (Lipinski definition) is 2. The molecule has 0 bridgehead atoms. The molecule has 3 N–H and O–H groups in total. The molecule has 2 aromatic rings. The summed E-state index contributed by atoms with van der Waals surface area (Å²) in [7, 11) is 0. The van der Waals surface area contributed by atoms with Crippen LogP contribution < -0.4 is 11.1 Å². The van der Waals surface area contributed by atoms with Gasteiger partial charge in [-0.2, -0.15) is 0 Å². The van der Waals surface area contributed by atoms with Crippen LogP contribution in [0.15, 0.2) is 47.1 Å². The lowest BCUT2D eigenvalue weighted by molar-refractivity contribution is 0.102. The number of nitrogens with one attached hydrogen (secondary N) is 1. The number of carbonyl (C=O) groups excluding carboxylic acids is 1. The van der Waals surface area contributed by atoms with Crippen molar-refractivity contribution in [2.45, 2.75) is 0 Å². The number of nitrogens with two attached hydrogens (primary N) is 1. The molecule has 0 spiro atoms. The topological polar surface area (TPSA) is 68.0 Å². The second-order valence-corrected chi connectivity index (χ2v) is 5.08. The fraction of sp³-hybridized carbons (Fsp3) is 0. The quantitative estimate of drug-likeness (QED) is 0.846. The van der Waals surface area contributed by atoms with Crippen molar-refractivity contribution in [2.24, 2.45) is 5.73 Å².